The van der Waals surface area contributed by atoms with Gasteiger partial charge in [-0.3, -0.25) is 24.0 Å². The van der Waals surface area contributed by atoms with Crippen LogP contribution in [0.1, 0.15) is 92.3 Å². The van der Waals surface area contributed by atoms with Gasteiger partial charge in [0.15, 0.2) is 0 Å². The number of imidazole rings is 1. The number of nitrogens with one attached hydrogen (secondary N) is 1. The number of likely N-dealkylation sites (tertiary alicyclic amines) is 1. The lowest BCUT2D eigenvalue weighted by molar-refractivity contribution is -0.135. The van der Waals surface area contributed by atoms with Crippen molar-refractivity contribution in [3.05, 3.63) is 116 Å². The summed E-state index contributed by atoms with van der Waals surface area (Å²) in [4.78, 5) is 51.9. The van der Waals surface area contributed by atoms with Crippen LogP contribution in [0, 0.1) is 17.2 Å². The van der Waals surface area contributed by atoms with Gasteiger partial charge >= 0.3 is 5.69 Å². The minimum atomic E-state index is -0.675. The fourth-order valence-electron chi connectivity index (χ4n) is 8.92. The molecule has 8 rings (SSSR count). The molecule has 0 aliphatic carbocycles. The van der Waals surface area contributed by atoms with E-state index in [-0.39, 0.29) is 23.4 Å². The zero-order valence-corrected chi connectivity index (χ0v) is 34.0. The number of amides is 2. The van der Waals surface area contributed by atoms with Gasteiger partial charge in [0.1, 0.15) is 18.4 Å². The van der Waals surface area contributed by atoms with Crippen LogP contribution in [0.4, 0.5) is 5.95 Å². The second-order valence-corrected chi connectivity index (χ2v) is 17.0. The Balaban J connectivity index is 0.808. The van der Waals surface area contributed by atoms with Crippen molar-refractivity contribution in [3.63, 3.8) is 0 Å². The van der Waals surface area contributed by atoms with E-state index in [1.54, 1.807) is 22.2 Å². The van der Waals surface area contributed by atoms with Crippen molar-refractivity contribution >= 4 is 40.4 Å². The Hall–Kier alpha value is -5.51. The third-order valence-electron chi connectivity index (χ3n) is 12.5. The second-order valence-electron chi connectivity index (χ2n) is 16.6. The highest BCUT2D eigenvalue weighted by atomic mass is 35.5. The van der Waals surface area contributed by atoms with E-state index in [2.05, 4.69) is 64.3 Å². The number of halogens is 1. The summed E-state index contributed by atoms with van der Waals surface area (Å²) < 4.78 is 9.32. The molecule has 3 aliphatic rings. The summed E-state index contributed by atoms with van der Waals surface area (Å²) in [7, 11) is 1.75. The van der Waals surface area contributed by atoms with Gasteiger partial charge in [0, 0.05) is 49.7 Å². The van der Waals surface area contributed by atoms with E-state index < -0.39 is 11.9 Å². The summed E-state index contributed by atoms with van der Waals surface area (Å²) in [5.74, 6) is 1.83. The van der Waals surface area contributed by atoms with Gasteiger partial charge in [0.05, 0.1) is 28.4 Å². The van der Waals surface area contributed by atoms with Crippen LogP contribution in [0.3, 0.4) is 0 Å². The lowest BCUT2D eigenvalue weighted by atomic mass is 9.78. The van der Waals surface area contributed by atoms with E-state index in [9.17, 15) is 19.6 Å². The number of aryl methyl sites for hydroxylation is 1. The highest BCUT2D eigenvalue weighted by Crippen LogP contribution is 2.35. The normalized spacial score (nSPS) is 18.7. The Kier molecular flexibility index (Phi) is 11.1. The summed E-state index contributed by atoms with van der Waals surface area (Å²) >= 11 is 6.30. The number of hydrogen-bond acceptors (Lipinski definition) is 9. The average molecular weight is 801 g/mol. The molecule has 5 heterocycles. The molecular weight excluding hydrogens is 752 g/mol. The molecule has 2 aromatic heterocycles. The van der Waals surface area contributed by atoms with Crippen LogP contribution in [0.5, 0.6) is 5.75 Å². The van der Waals surface area contributed by atoms with Gasteiger partial charge in [0.2, 0.25) is 17.8 Å². The van der Waals surface area contributed by atoms with Crippen molar-refractivity contribution in [2.24, 2.45) is 13.0 Å². The first-order chi connectivity index (χ1) is 28.0. The molecule has 1 unspecified atom stereocenters. The van der Waals surface area contributed by atoms with Crippen LogP contribution in [0.25, 0.3) is 11.0 Å². The zero-order chi connectivity index (χ0) is 40.6. The monoisotopic (exact) mass is 800 g/mol. The van der Waals surface area contributed by atoms with Crippen molar-refractivity contribution in [2.45, 2.75) is 76.4 Å². The minimum Gasteiger partial charge on any atom is -0.487 e. The van der Waals surface area contributed by atoms with Gasteiger partial charge in [-0.05, 0) is 122 Å². The Labute approximate surface area is 343 Å². The largest absolute Gasteiger partial charge is 0.487 e. The summed E-state index contributed by atoms with van der Waals surface area (Å²) in [5, 5.41) is 12.3. The first-order valence-corrected chi connectivity index (χ1v) is 20.6. The third-order valence-corrected chi connectivity index (χ3v) is 12.7. The summed E-state index contributed by atoms with van der Waals surface area (Å²) in [6, 6.07) is 23.2. The predicted octanol–water partition coefficient (Wildman–Crippen LogP) is 6.63. The van der Waals surface area contributed by atoms with Crippen molar-refractivity contribution in [1.82, 2.24) is 29.3 Å². The van der Waals surface area contributed by atoms with E-state index in [4.69, 9.17) is 21.3 Å². The van der Waals surface area contributed by atoms with Gasteiger partial charge in [-0.25, -0.2) is 14.8 Å². The van der Waals surface area contributed by atoms with E-state index >= 15 is 0 Å². The van der Waals surface area contributed by atoms with Crippen LogP contribution in [-0.2, 0) is 28.7 Å². The number of nitrogens with zero attached hydrogens (tertiary/aromatic N) is 7. The molecule has 3 aromatic carbocycles. The number of hydrogen-bond donors (Lipinski definition) is 1. The standard InChI is InChI=1S/C45H49ClN8O4/c1-45(2,34-22-30(26-47)23-35(46)25-34)33-5-7-37(8-6-33)58-28-36-12-17-48-43(49-36)53-20-13-29(14-21-53)27-52-18-15-31(16-19-52)32-4-9-38-40(24-32)51(3)44(57)54(38)39-10-11-41(55)50-42(39)56/h4-9,12,17,22-25,29,31,39H,10-11,13-16,18-21,27-28H2,1-3H3,(H,50,55,56). The van der Waals surface area contributed by atoms with Crippen molar-refractivity contribution in [2.75, 3.05) is 37.6 Å². The predicted molar refractivity (Wildman–Crippen MR) is 223 cm³/mol. The van der Waals surface area contributed by atoms with Crippen molar-refractivity contribution in [1.29, 1.82) is 5.26 Å². The Morgan fingerprint density at radius 2 is 1.66 bits per heavy atom. The van der Waals surface area contributed by atoms with Gasteiger partial charge in [-0.15, -0.1) is 0 Å². The molecule has 0 radical (unpaired) electrons. The highest BCUT2D eigenvalue weighted by molar-refractivity contribution is 6.30. The Morgan fingerprint density at radius 1 is 0.897 bits per heavy atom. The molecule has 1 N–H and O–H groups in total. The topological polar surface area (TPSA) is 138 Å². The Morgan fingerprint density at radius 3 is 2.38 bits per heavy atom. The molecule has 1 atom stereocenters. The van der Waals surface area contributed by atoms with Crippen LogP contribution in [-0.4, -0.2) is 68.5 Å². The molecule has 3 saturated heterocycles. The molecule has 3 fully saturated rings. The summed E-state index contributed by atoms with van der Waals surface area (Å²) in [5.41, 5.74) is 5.65. The first-order valence-electron chi connectivity index (χ1n) is 20.2. The first kappa shape index (κ1) is 39.3. The van der Waals surface area contributed by atoms with E-state index in [0.717, 1.165) is 98.0 Å². The maximum atomic E-state index is 13.2. The number of fused-ring (bicyclic) bond motifs is 1. The minimum absolute atomic E-state index is 0.228. The zero-order valence-electron chi connectivity index (χ0n) is 33.3. The van der Waals surface area contributed by atoms with Crippen molar-refractivity contribution in [3.8, 4) is 11.8 Å². The van der Waals surface area contributed by atoms with Crippen LogP contribution in [0.2, 0.25) is 5.02 Å². The molecule has 2 amide bonds. The van der Waals surface area contributed by atoms with Crippen molar-refractivity contribution < 1.29 is 14.3 Å². The molecule has 12 nitrogen and oxygen atoms in total. The maximum Gasteiger partial charge on any atom is 0.329 e. The van der Waals surface area contributed by atoms with E-state index in [1.165, 1.54) is 5.56 Å². The van der Waals surface area contributed by atoms with Crippen LogP contribution < -0.4 is 20.6 Å². The number of rotatable bonds is 10. The fraction of sp³-hybridized carbons (Fsp3) is 0.422. The second kappa shape index (κ2) is 16.4. The molecule has 13 heteroatoms. The molecule has 58 heavy (non-hydrogen) atoms. The summed E-state index contributed by atoms with van der Waals surface area (Å²) in [6.45, 7) is 9.58. The maximum absolute atomic E-state index is 13.2. The average Bonchev–Trinajstić information content (AvgIpc) is 3.48. The SMILES string of the molecule is Cn1c(=O)n(C2CCC(=O)NC2=O)c2ccc(C3CCN(CC4CCN(c5nccc(COc6ccc(C(C)(C)c7cc(Cl)cc(C#N)c7)cc6)n5)CC4)CC3)cc21. The third kappa shape index (κ3) is 8.11. The smallest absolute Gasteiger partial charge is 0.329 e. The number of anilines is 1. The lowest BCUT2D eigenvalue weighted by Crippen LogP contribution is -2.44. The number of nitriles is 1. The van der Waals surface area contributed by atoms with Gasteiger partial charge in [0.25, 0.3) is 0 Å². The molecule has 0 bridgehead atoms. The number of imide groups is 1. The Bertz CT molecular complexity index is 2440. The quantitative estimate of drug-likeness (QED) is 0.154. The van der Waals surface area contributed by atoms with Gasteiger partial charge in [-0.1, -0.05) is 43.6 Å². The molecular formula is C45H49ClN8O4. The molecule has 0 saturated carbocycles. The van der Waals surface area contributed by atoms with Gasteiger partial charge in [-0.2, -0.15) is 5.26 Å². The molecule has 5 aromatic rings. The number of aromatic nitrogens is 4. The van der Waals surface area contributed by atoms with Crippen LogP contribution >= 0.6 is 11.6 Å². The molecule has 3 aliphatic heterocycles. The van der Waals surface area contributed by atoms with Gasteiger partial charge < -0.3 is 14.5 Å². The van der Waals surface area contributed by atoms with Crippen LogP contribution in [0.15, 0.2) is 77.7 Å². The van der Waals surface area contributed by atoms with E-state index in [0.29, 0.717) is 35.4 Å². The number of carbonyl (C=O) groups excluding carboxylic acids is 2. The highest BCUT2D eigenvalue weighted by Gasteiger charge is 2.32. The van der Waals surface area contributed by atoms with E-state index in [1.807, 2.05) is 42.6 Å². The lowest BCUT2D eigenvalue weighted by Gasteiger charge is -2.38. The molecule has 300 valence electrons. The number of ether oxygens (including phenoxy) is 1. The molecule has 0 spiro atoms. The fourth-order valence-corrected chi connectivity index (χ4v) is 9.15. The number of piperidine rings is 3. The summed E-state index contributed by atoms with van der Waals surface area (Å²) in [6.07, 6.45) is 6.68. The number of benzene rings is 3. The number of carbonyl (C=O) groups is 2.